The van der Waals surface area contributed by atoms with Crippen molar-refractivity contribution in [3.8, 4) is 5.75 Å². The van der Waals surface area contributed by atoms with Crippen LogP contribution in [-0.4, -0.2) is 36.4 Å². The van der Waals surface area contributed by atoms with Crippen molar-refractivity contribution in [1.29, 1.82) is 0 Å². The molecule has 1 aliphatic rings. The van der Waals surface area contributed by atoms with Crippen LogP contribution in [0.15, 0.2) is 42.5 Å². The van der Waals surface area contributed by atoms with Gasteiger partial charge in [0.2, 0.25) is 0 Å². The molecule has 3 rings (SSSR count). The summed E-state index contributed by atoms with van der Waals surface area (Å²) < 4.78 is 5.61. The third kappa shape index (κ3) is 3.57. The van der Waals surface area contributed by atoms with Crippen LogP contribution in [0.25, 0.3) is 0 Å². The van der Waals surface area contributed by atoms with Gasteiger partial charge in [-0.15, -0.1) is 0 Å². The molecule has 5 nitrogen and oxygen atoms in total. The molecule has 2 aromatic carbocycles. The molecule has 1 aliphatic heterocycles. The Kier molecular flexibility index (Phi) is 5.26. The summed E-state index contributed by atoms with van der Waals surface area (Å²) in [6.07, 6.45) is 0. The molecule has 0 unspecified atom stereocenters. The summed E-state index contributed by atoms with van der Waals surface area (Å²) in [6.45, 7) is 7.86. The first-order valence-corrected chi connectivity index (χ1v) is 8.90. The highest BCUT2D eigenvalue weighted by Gasteiger charge is 2.34. The minimum absolute atomic E-state index is 0.457. The number of anilines is 1. The highest BCUT2D eigenvalue weighted by Crippen LogP contribution is 2.30. The number of nitrogens with zero attached hydrogens (tertiary/aromatic N) is 2. The van der Waals surface area contributed by atoms with E-state index in [2.05, 4.69) is 12.1 Å². The van der Waals surface area contributed by atoms with Crippen LogP contribution in [0.1, 0.15) is 23.6 Å². The molecule has 1 heterocycles. The Balaban J connectivity index is 1.79. The Bertz CT molecular complexity index is 832. The fourth-order valence-corrected chi connectivity index (χ4v) is 3.19. The molecule has 136 valence electrons. The van der Waals surface area contributed by atoms with E-state index in [4.69, 9.17) is 4.74 Å². The monoisotopic (exact) mass is 352 g/mol. The van der Waals surface area contributed by atoms with Crippen molar-refractivity contribution < 1.29 is 14.3 Å². The highest BCUT2D eigenvalue weighted by atomic mass is 16.5. The predicted octanol–water partition coefficient (Wildman–Crippen LogP) is 3.08. The maximum absolute atomic E-state index is 12.7. The summed E-state index contributed by atoms with van der Waals surface area (Å²) >= 11 is 0. The molecular weight excluding hydrogens is 328 g/mol. The van der Waals surface area contributed by atoms with Crippen LogP contribution in [0.3, 0.4) is 0 Å². The van der Waals surface area contributed by atoms with Crippen LogP contribution >= 0.6 is 0 Å². The van der Waals surface area contributed by atoms with Crippen molar-refractivity contribution in [3.05, 3.63) is 59.2 Å². The first-order valence-electron chi connectivity index (χ1n) is 8.90. The number of amides is 2. The van der Waals surface area contributed by atoms with Crippen molar-refractivity contribution >= 4 is 17.5 Å². The maximum atomic E-state index is 12.7. The first kappa shape index (κ1) is 18.0. The molecule has 0 bridgehead atoms. The van der Waals surface area contributed by atoms with Gasteiger partial charge in [0.1, 0.15) is 5.75 Å². The summed E-state index contributed by atoms with van der Waals surface area (Å²) in [5, 5.41) is 0. The Labute approximate surface area is 154 Å². The van der Waals surface area contributed by atoms with Gasteiger partial charge in [-0.2, -0.15) is 0 Å². The second-order valence-electron chi connectivity index (χ2n) is 6.51. The van der Waals surface area contributed by atoms with Crippen LogP contribution < -0.4 is 9.64 Å². The summed E-state index contributed by atoms with van der Waals surface area (Å²) in [4.78, 5) is 28.5. The van der Waals surface area contributed by atoms with E-state index in [1.54, 1.807) is 4.90 Å². The molecule has 1 saturated heterocycles. The number of carbonyl (C=O) groups is 2. The number of hydrogen-bond acceptors (Lipinski definition) is 3. The van der Waals surface area contributed by atoms with Crippen molar-refractivity contribution in [3.63, 3.8) is 0 Å². The number of hydrogen-bond donors (Lipinski definition) is 0. The van der Waals surface area contributed by atoms with Crippen LogP contribution in [0.2, 0.25) is 0 Å². The molecule has 5 heteroatoms. The SMILES string of the molecule is CCOc1ccccc1N1CCN(Cc2cc(C)ccc2C)C(=O)C1=O. The zero-order valence-corrected chi connectivity index (χ0v) is 15.5. The van der Waals surface area contributed by atoms with Crippen molar-refractivity contribution in [2.45, 2.75) is 27.3 Å². The van der Waals surface area contributed by atoms with Crippen LogP contribution in [0.5, 0.6) is 5.75 Å². The topological polar surface area (TPSA) is 49.9 Å². The zero-order chi connectivity index (χ0) is 18.7. The lowest BCUT2D eigenvalue weighted by atomic mass is 10.0. The van der Waals surface area contributed by atoms with E-state index < -0.39 is 11.8 Å². The quantitative estimate of drug-likeness (QED) is 0.777. The molecule has 0 saturated carbocycles. The summed E-state index contributed by atoms with van der Waals surface area (Å²) in [5.41, 5.74) is 4.00. The molecule has 1 fully saturated rings. The van der Waals surface area contributed by atoms with Gasteiger partial charge >= 0.3 is 11.8 Å². The number of benzene rings is 2. The van der Waals surface area contributed by atoms with Crippen molar-refractivity contribution in [1.82, 2.24) is 4.90 Å². The van der Waals surface area contributed by atoms with Gasteiger partial charge in [0, 0.05) is 19.6 Å². The number of aryl methyl sites for hydroxylation is 2. The molecule has 2 amide bonds. The van der Waals surface area contributed by atoms with E-state index >= 15 is 0 Å². The van der Waals surface area contributed by atoms with Gasteiger partial charge in [-0.1, -0.05) is 35.9 Å². The minimum Gasteiger partial charge on any atom is -0.492 e. The molecule has 0 aromatic heterocycles. The second kappa shape index (κ2) is 7.60. The van der Waals surface area contributed by atoms with E-state index in [9.17, 15) is 9.59 Å². The van der Waals surface area contributed by atoms with Gasteiger partial charge in [0.05, 0.1) is 12.3 Å². The van der Waals surface area contributed by atoms with Gasteiger partial charge in [-0.05, 0) is 44.0 Å². The first-order chi connectivity index (χ1) is 12.5. The zero-order valence-electron chi connectivity index (χ0n) is 15.5. The van der Waals surface area contributed by atoms with Crippen molar-refractivity contribution in [2.75, 3.05) is 24.6 Å². The van der Waals surface area contributed by atoms with Crippen molar-refractivity contribution in [2.24, 2.45) is 0 Å². The largest absolute Gasteiger partial charge is 0.492 e. The second-order valence-corrected chi connectivity index (χ2v) is 6.51. The minimum atomic E-state index is -0.506. The molecule has 0 spiro atoms. The van der Waals surface area contributed by atoms with E-state index in [1.807, 2.05) is 51.1 Å². The van der Waals surface area contributed by atoms with Crippen LogP contribution in [-0.2, 0) is 16.1 Å². The third-order valence-electron chi connectivity index (χ3n) is 4.63. The number of piperazine rings is 1. The fourth-order valence-electron chi connectivity index (χ4n) is 3.19. The Morgan fingerprint density at radius 2 is 1.77 bits per heavy atom. The number of ether oxygens (including phenoxy) is 1. The average Bonchev–Trinajstić information content (AvgIpc) is 2.63. The maximum Gasteiger partial charge on any atom is 0.316 e. The lowest BCUT2D eigenvalue weighted by Gasteiger charge is -2.34. The number of rotatable bonds is 5. The number of para-hydroxylation sites is 2. The van der Waals surface area contributed by atoms with Gasteiger partial charge < -0.3 is 9.64 Å². The normalized spacial score (nSPS) is 14.7. The van der Waals surface area contributed by atoms with E-state index in [0.717, 1.165) is 16.7 Å². The van der Waals surface area contributed by atoms with E-state index in [-0.39, 0.29) is 0 Å². The fraction of sp³-hybridized carbons (Fsp3) is 0.333. The lowest BCUT2D eigenvalue weighted by Crippen LogP contribution is -2.54. The molecule has 26 heavy (non-hydrogen) atoms. The standard InChI is InChI=1S/C21H24N2O3/c1-4-26-19-8-6-5-7-18(19)23-12-11-22(20(24)21(23)25)14-17-13-15(2)9-10-16(17)3/h5-10,13H,4,11-12,14H2,1-3H3. The Hall–Kier alpha value is -2.82. The van der Waals surface area contributed by atoms with Gasteiger partial charge in [0.15, 0.2) is 0 Å². The Morgan fingerprint density at radius 3 is 2.54 bits per heavy atom. The molecule has 0 radical (unpaired) electrons. The van der Waals surface area contributed by atoms with Gasteiger partial charge in [0.25, 0.3) is 0 Å². The average molecular weight is 352 g/mol. The molecular formula is C21H24N2O3. The van der Waals surface area contributed by atoms with Crippen LogP contribution in [0, 0.1) is 13.8 Å². The predicted molar refractivity (Wildman–Crippen MR) is 101 cm³/mol. The molecule has 0 atom stereocenters. The summed E-state index contributed by atoms with van der Waals surface area (Å²) in [7, 11) is 0. The van der Waals surface area contributed by atoms with Gasteiger partial charge in [-0.25, -0.2) is 0 Å². The summed E-state index contributed by atoms with van der Waals surface area (Å²) in [5.74, 6) is -0.351. The molecule has 0 N–H and O–H groups in total. The number of carbonyl (C=O) groups excluding carboxylic acids is 2. The summed E-state index contributed by atoms with van der Waals surface area (Å²) in [6, 6.07) is 13.5. The van der Waals surface area contributed by atoms with E-state index in [0.29, 0.717) is 37.7 Å². The van der Waals surface area contributed by atoms with E-state index in [1.165, 1.54) is 4.90 Å². The lowest BCUT2D eigenvalue weighted by molar-refractivity contribution is -0.146. The van der Waals surface area contributed by atoms with Crippen LogP contribution in [0.4, 0.5) is 5.69 Å². The highest BCUT2D eigenvalue weighted by molar-refractivity contribution is 6.41. The molecule has 0 aliphatic carbocycles. The Morgan fingerprint density at radius 1 is 1.00 bits per heavy atom. The third-order valence-corrected chi connectivity index (χ3v) is 4.63. The smallest absolute Gasteiger partial charge is 0.316 e. The molecule has 2 aromatic rings. The van der Waals surface area contributed by atoms with Gasteiger partial charge in [-0.3, -0.25) is 14.5 Å².